The molecule has 2 N–H and O–H groups in total. The largest absolute Gasteiger partial charge is 0.511 e. The summed E-state index contributed by atoms with van der Waals surface area (Å²) in [6.45, 7) is 4.01. The Bertz CT molecular complexity index is 646. The van der Waals surface area contributed by atoms with Gasteiger partial charge in [0, 0.05) is 18.5 Å². The summed E-state index contributed by atoms with van der Waals surface area (Å²) >= 11 is 0. The lowest BCUT2D eigenvalue weighted by atomic mass is 10.1. The van der Waals surface area contributed by atoms with Gasteiger partial charge in [-0.25, -0.2) is 0 Å². The molecular weight excluding hydrogens is 264 g/mol. The molecule has 0 aliphatic heterocycles. The van der Waals surface area contributed by atoms with Gasteiger partial charge in [0.1, 0.15) is 11.8 Å². The minimum Gasteiger partial charge on any atom is -0.511 e. The molecule has 0 saturated heterocycles. The first kappa shape index (κ1) is 16.3. The van der Waals surface area contributed by atoms with Crippen molar-refractivity contribution < 1.29 is 9.90 Å². The van der Waals surface area contributed by atoms with Gasteiger partial charge < -0.3 is 10.4 Å². The molecule has 0 aromatic heterocycles. The van der Waals surface area contributed by atoms with Gasteiger partial charge in [-0.3, -0.25) is 4.79 Å². The van der Waals surface area contributed by atoms with Crippen molar-refractivity contribution in [3.8, 4) is 18.4 Å². The first-order valence-electron chi connectivity index (χ1n) is 6.70. The van der Waals surface area contributed by atoms with Crippen LogP contribution in [-0.4, -0.2) is 11.0 Å². The number of aryl methyl sites for hydroxylation is 2. The molecule has 21 heavy (non-hydrogen) atoms. The molecular formula is C17H18N2O2. The Morgan fingerprint density at radius 1 is 1.48 bits per heavy atom. The highest BCUT2D eigenvalue weighted by molar-refractivity contribution is 6.06. The van der Waals surface area contributed by atoms with Crippen LogP contribution >= 0.6 is 0 Å². The summed E-state index contributed by atoms with van der Waals surface area (Å²) in [5.41, 5.74) is 2.55. The monoisotopic (exact) mass is 282 g/mol. The normalized spacial score (nSPS) is 11.0. The number of hydrogen-bond donors (Lipinski definition) is 2. The summed E-state index contributed by atoms with van der Waals surface area (Å²) in [5.74, 6) is 1.44. The van der Waals surface area contributed by atoms with E-state index in [1.54, 1.807) is 12.1 Å². The fourth-order valence-corrected chi connectivity index (χ4v) is 1.93. The number of nitrogens with one attached hydrogen (secondary N) is 1. The Morgan fingerprint density at radius 3 is 2.71 bits per heavy atom. The Kier molecular flexibility index (Phi) is 6.04. The highest BCUT2D eigenvalue weighted by Crippen LogP contribution is 2.17. The molecule has 1 aromatic carbocycles. The average Bonchev–Trinajstić information content (AvgIpc) is 2.46. The van der Waals surface area contributed by atoms with Crippen molar-refractivity contribution in [3.63, 3.8) is 0 Å². The number of terminal acetylenes is 1. The van der Waals surface area contributed by atoms with E-state index in [0.29, 0.717) is 5.69 Å². The number of hydrogen-bond acceptors (Lipinski definition) is 3. The third-order valence-electron chi connectivity index (χ3n) is 3.11. The van der Waals surface area contributed by atoms with Crippen molar-refractivity contribution >= 4 is 11.6 Å². The minimum absolute atomic E-state index is 0.112. The van der Waals surface area contributed by atoms with Crippen LogP contribution in [0.3, 0.4) is 0 Å². The molecule has 4 nitrogen and oxygen atoms in total. The number of aliphatic hydroxyl groups is 1. The summed E-state index contributed by atoms with van der Waals surface area (Å²) in [6, 6.07) is 7.26. The van der Waals surface area contributed by atoms with Crippen molar-refractivity contribution in [1.29, 1.82) is 5.26 Å². The number of amides is 1. The molecule has 1 rings (SSSR count). The number of allylic oxidation sites excluding steroid dienone is 1. The molecule has 0 aliphatic carbocycles. The van der Waals surface area contributed by atoms with Gasteiger partial charge in [0.2, 0.25) is 0 Å². The van der Waals surface area contributed by atoms with Crippen molar-refractivity contribution in [2.24, 2.45) is 0 Å². The van der Waals surface area contributed by atoms with E-state index in [2.05, 4.69) is 18.2 Å². The molecule has 0 aliphatic rings. The SMILES string of the molecule is C#CCC/C(O)=C(\C#N)C(=O)Nc1ccc(CC)c(C)c1. The number of carbonyl (C=O) groups is 1. The minimum atomic E-state index is -0.629. The molecule has 0 bridgehead atoms. The second-order valence-electron chi connectivity index (χ2n) is 4.59. The van der Waals surface area contributed by atoms with Crippen LogP contribution in [0.5, 0.6) is 0 Å². The molecule has 0 radical (unpaired) electrons. The lowest BCUT2D eigenvalue weighted by Gasteiger charge is -2.09. The summed E-state index contributed by atoms with van der Waals surface area (Å²) in [5, 5.41) is 21.3. The molecule has 0 fully saturated rings. The predicted octanol–water partition coefficient (Wildman–Crippen LogP) is 3.25. The van der Waals surface area contributed by atoms with Crippen LogP contribution in [0.15, 0.2) is 29.5 Å². The van der Waals surface area contributed by atoms with E-state index in [-0.39, 0.29) is 24.2 Å². The van der Waals surface area contributed by atoms with Crippen LogP contribution < -0.4 is 5.32 Å². The summed E-state index contributed by atoms with van der Waals surface area (Å²) < 4.78 is 0. The van der Waals surface area contributed by atoms with Crippen LogP contribution in [0.2, 0.25) is 0 Å². The maximum atomic E-state index is 12.0. The molecule has 4 heteroatoms. The van der Waals surface area contributed by atoms with E-state index < -0.39 is 5.91 Å². The average molecular weight is 282 g/mol. The number of rotatable bonds is 5. The second-order valence-corrected chi connectivity index (χ2v) is 4.59. The molecule has 108 valence electrons. The zero-order chi connectivity index (χ0) is 15.8. The highest BCUT2D eigenvalue weighted by Gasteiger charge is 2.15. The van der Waals surface area contributed by atoms with Crippen molar-refractivity contribution in [3.05, 3.63) is 40.7 Å². The van der Waals surface area contributed by atoms with Gasteiger partial charge in [-0.05, 0) is 36.6 Å². The quantitative estimate of drug-likeness (QED) is 0.377. The topological polar surface area (TPSA) is 73.1 Å². The zero-order valence-electron chi connectivity index (χ0n) is 12.2. The molecule has 0 unspecified atom stereocenters. The fraction of sp³-hybridized carbons (Fsp3) is 0.294. The Morgan fingerprint density at radius 2 is 2.19 bits per heavy atom. The maximum Gasteiger partial charge on any atom is 0.269 e. The first-order valence-corrected chi connectivity index (χ1v) is 6.70. The van der Waals surface area contributed by atoms with Crippen LogP contribution in [-0.2, 0) is 11.2 Å². The van der Waals surface area contributed by atoms with E-state index in [1.165, 1.54) is 5.56 Å². The summed E-state index contributed by atoms with van der Waals surface area (Å²) in [6.07, 6.45) is 6.39. The first-order chi connectivity index (χ1) is 10.0. The number of benzene rings is 1. The van der Waals surface area contributed by atoms with Crippen LogP contribution in [0, 0.1) is 30.6 Å². The van der Waals surface area contributed by atoms with Gasteiger partial charge in [0.25, 0.3) is 5.91 Å². The molecule has 0 spiro atoms. The molecule has 1 aromatic rings. The summed E-state index contributed by atoms with van der Waals surface area (Å²) in [7, 11) is 0. The number of carbonyl (C=O) groups excluding carboxylic acids is 1. The van der Waals surface area contributed by atoms with Gasteiger partial charge >= 0.3 is 0 Å². The Labute approximate surface area is 125 Å². The third-order valence-corrected chi connectivity index (χ3v) is 3.11. The maximum absolute atomic E-state index is 12.0. The van der Waals surface area contributed by atoms with E-state index >= 15 is 0 Å². The van der Waals surface area contributed by atoms with Crippen LogP contribution in [0.4, 0.5) is 5.69 Å². The lowest BCUT2D eigenvalue weighted by molar-refractivity contribution is -0.112. The van der Waals surface area contributed by atoms with Gasteiger partial charge in [-0.1, -0.05) is 13.0 Å². The van der Waals surface area contributed by atoms with E-state index in [1.807, 2.05) is 19.1 Å². The second kappa shape index (κ2) is 7.77. The molecule has 0 saturated carbocycles. The smallest absolute Gasteiger partial charge is 0.269 e. The molecule has 0 atom stereocenters. The van der Waals surface area contributed by atoms with E-state index in [4.69, 9.17) is 11.7 Å². The third kappa shape index (κ3) is 4.40. The van der Waals surface area contributed by atoms with Crippen molar-refractivity contribution in [1.82, 2.24) is 0 Å². The number of nitrogens with zero attached hydrogens (tertiary/aromatic N) is 1. The highest BCUT2D eigenvalue weighted by atomic mass is 16.3. The predicted molar refractivity (Wildman–Crippen MR) is 82.5 cm³/mol. The lowest BCUT2D eigenvalue weighted by Crippen LogP contribution is -2.15. The molecule has 0 heterocycles. The Balaban J connectivity index is 2.92. The van der Waals surface area contributed by atoms with Gasteiger partial charge in [-0.15, -0.1) is 12.3 Å². The number of aliphatic hydroxyl groups excluding tert-OH is 1. The fourth-order valence-electron chi connectivity index (χ4n) is 1.93. The number of nitriles is 1. The zero-order valence-corrected chi connectivity index (χ0v) is 12.2. The van der Waals surface area contributed by atoms with Crippen LogP contribution in [0.1, 0.15) is 30.9 Å². The van der Waals surface area contributed by atoms with Crippen molar-refractivity contribution in [2.45, 2.75) is 33.1 Å². The van der Waals surface area contributed by atoms with Gasteiger partial charge in [0.05, 0.1) is 0 Å². The molecule has 1 amide bonds. The van der Waals surface area contributed by atoms with E-state index in [9.17, 15) is 9.90 Å². The Hall–Kier alpha value is -2.72. The van der Waals surface area contributed by atoms with Crippen LogP contribution in [0.25, 0.3) is 0 Å². The van der Waals surface area contributed by atoms with Gasteiger partial charge in [-0.2, -0.15) is 5.26 Å². The summed E-state index contributed by atoms with van der Waals surface area (Å²) in [4.78, 5) is 12.0. The van der Waals surface area contributed by atoms with E-state index in [0.717, 1.165) is 12.0 Å². The van der Waals surface area contributed by atoms with Crippen molar-refractivity contribution in [2.75, 3.05) is 5.32 Å². The number of anilines is 1. The van der Waals surface area contributed by atoms with Gasteiger partial charge in [0.15, 0.2) is 5.57 Å². The standard InChI is InChI=1S/C17H18N2O2/c1-4-6-7-16(20)15(11-18)17(21)19-14-9-8-13(5-2)12(3)10-14/h1,8-10,20H,5-7H2,2-3H3,(H,19,21)/b16-15-.